The van der Waals surface area contributed by atoms with Crippen molar-refractivity contribution in [3.63, 3.8) is 0 Å². The molecule has 1 fully saturated rings. The average Bonchev–Trinajstić information content (AvgIpc) is 3.10. The summed E-state index contributed by atoms with van der Waals surface area (Å²) in [7, 11) is 1.77. The van der Waals surface area contributed by atoms with E-state index in [-0.39, 0.29) is 35.9 Å². The van der Waals surface area contributed by atoms with Crippen molar-refractivity contribution in [1.29, 1.82) is 0 Å². The predicted octanol–water partition coefficient (Wildman–Crippen LogP) is 2.56. The Balaban J connectivity index is 0.00000338. The first-order chi connectivity index (χ1) is 12.1. The number of rotatable bonds is 7. The number of hydrogen-bond donors (Lipinski definition) is 2. The van der Waals surface area contributed by atoms with Gasteiger partial charge in [0.2, 0.25) is 5.91 Å². The lowest BCUT2D eigenvalue weighted by atomic mass is 10.2. The van der Waals surface area contributed by atoms with Crippen molar-refractivity contribution in [3.8, 4) is 5.75 Å². The second-order valence-electron chi connectivity index (χ2n) is 6.34. The van der Waals surface area contributed by atoms with Crippen LogP contribution in [0.3, 0.4) is 0 Å². The van der Waals surface area contributed by atoms with Crippen molar-refractivity contribution < 1.29 is 9.53 Å². The summed E-state index contributed by atoms with van der Waals surface area (Å²) < 4.78 is 5.72. The highest BCUT2D eigenvalue weighted by Crippen LogP contribution is 2.11. The summed E-state index contributed by atoms with van der Waals surface area (Å²) in [6.45, 7) is 7.00. The molecule has 1 aliphatic heterocycles. The Morgan fingerprint density at radius 1 is 1.35 bits per heavy atom. The summed E-state index contributed by atoms with van der Waals surface area (Å²) in [6, 6.07) is 8.35. The number of likely N-dealkylation sites (tertiary alicyclic amines) is 1. The molecule has 2 N–H and O–H groups in total. The lowest BCUT2D eigenvalue weighted by Crippen LogP contribution is -2.45. The third-order valence-electron chi connectivity index (χ3n) is 4.31. The monoisotopic (exact) mass is 474 g/mol. The van der Waals surface area contributed by atoms with Gasteiger partial charge in [-0.05, 0) is 31.9 Å². The largest absolute Gasteiger partial charge is 0.494 e. The zero-order valence-electron chi connectivity index (χ0n) is 16.0. The van der Waals surface area contributed by atoms with Gasteiger partial charge in [0.05, 0.1) is 6.61 Å². The summed E-state index contributed by atoms with van der Waals surface area (Å²) in [4.78, 5) is 17.9. The fourth-order valence-electron chi connectivity index (χ4n) is 2.82. The summed E-state index contributed by atoms with van der Waals surface area (Å²) in [5.41, 5.74) is 1.23. The van der Waals surface area contributed by atoms with Crippen LogP contribution in [0, 0.1) is 6.92 Å². The van der Waals surface area contributed by atoms with Gasteiger partial charge in [0.15, 0.2) is 5.96 Å². The molecular formula is C19H31IN4O2. The van der Waals surface area contributed by atoms with Crippen molar-refractivity contribution in [2.24, 2.45) is 4.99 Å². The van der Waals surface area contributed by atoms with Crippen LogP contribution < -0.4 is 15.4 Å². The van der Waals surface area contributed by atoms with Gasteiger partial charge in [-0.1, -0.05) is 24.6 Å². The number of aryl methyl sites for hydroxylation is 1. The first-order valence-electron chi connectivity index (χ1n) is 9.06. The summed E-state index contributed by atoms with van der Waals surface area (Å²) in [6.07, 6.45) is 2.42. The molecule has 1 aromatic rings. The highest BCUT2D eigenvalue weighted by Gasteiger charge is 2.25. The first kappa shape index (κ1) is 22.5. The van der Waals surface area contributed by atoms with Crippen LogP contribution in [0.4, 0.5) is 0 Å². The number of carbonyl (C=O) groups is 1. The molecule has 1 unspecified atom stereocenters. The van der Waals surface area contributed by atoms with E-state index in [0.29, 0.717) is 13.0 Å². The lowest BCUT2D eigenvalue weighted by molar-refractivity contribution is -0.129. The van der Waals surface area contributed by atoms with Crippen LogP contribution in [0.5, 0.6) is 5.75 Å². The van der Waals surface area contributed by atoms with Crippen LogP contribution >= 0.6 is 24.0 Å². The van der Waals surface area contributed by atoms with Gasteiger partial charge in [-0.2, -0.15) is 0 Å². The summed E-state index contributed by atoms with van der Waals surface area (Å²) in [5, 5.41) is 6.70. The standard InChI is InChI=1S/C19H30N4O2.HI/c1-4-18(24)23-12-10-16(14-23)22-19(20-3)21-11-5-13-25-17-8-6-15(2)7-9-17;/h6-9,16H,4-5,10-14H2,1-3H3,(H2,20,21,22);1H. The van der Waals surface area contributed by atoms with Crippen LogP contribution in [-0.2, 0) is 4.79 Å². The molecule has 0 aliphatic carbocycles. The number of nitrogens with zero attached hydrogens (tertiary/aromatic N) is 2. The van der Waals surface area contributed by atoms with Crippen molar-refractivity contribution in [1.82, 2.24) is 15.5 Å². The number of nitrogens with one attached hydrogen (secondary N) is 2. The molecule has 1 atom stereocenters. The van der Waals surface area contributed by atoms with E-state index in [1.807, 2.05) is 36.1 Å². The highest BCUT2D eigenvalue weighted by atomic mass is 127. The number of aliphatic imine (C=N–C) groups is 1. The Hall–Kier alpha value is -1.51. The molecule has 1 heterocycles. The van der Waals surface area contributed by atoms with Crippen LogP contribution in [0.25, 0.3) is 0 Å². The molecular weight excluding hydrogens is 443 g/mol. The van der Waals surface area contributed by atoms with Crippen molar-refractivity contribution in [2.45, 2.75) is 39.2 Å². The maximum absolute atomic E-state index is 11.7. The molecule has 0 saturated carbocycles. The van der Waals surface area contributed by atoms with Crippen LogP contribution in [0.15, 0.2) is 29.3 Å². The van der Waals surface area contributed by atoms with E-state index >= 15 is 0 Å². The third-order valence-corrected chi connectivity index (χ3v) is 4.31. The van der Waals surface area contributed by atoms with E-state index in [9.17, 15) is 4.79 Å². The highest BCUT2D eigenvalue weighted by molar-refractivity contribution is 14.0. The Morgan fingerprint density at radius 2 is 2.08 bits per heavy atom. The quantitative estimate of drug-likeness (QED) is 0.276. The van der Waals surface area contributed by atoms with Gasteiger partial charge in [-0.25, -0.2) is 0 Å². The van der Waals surface area contributed by atoms with Gasteiger partial charge in [0, 0.05) is 39.1 Å². The summed E-state index contributed by atoms with van der Waals surface area (Å²) in [5.74, 6) is 1.91. The number of benzene rings is 1. The SMILES string of the molecule is CCC(=O)N1CCC(NC(=NC)NCCCOc2ccc(C)cc2)C1.I. The van der Waals surface area contributed by atoms with Gasteiger partial charge in [-0.3, -0.25) is 9.79 Å². The van der Waals surface area contributed by atoms with Crippen LogP contribution in [-0.4, -0.2) is 56.1 Å². The van der Waals surface area contributed by atoms with E-state index in [2.05, 4.69) is 22.5 Å². The van der Waals surface area contributed by atoms with E-state index in [1.54, 1.807) is 7.05 Å². The molecule has 0 aromatic heterocycles. The lowest BCUT2D eigenvalue weighted by Gasteiger charge is -2.18. The number of halogens is 1. The minimum absolute atomic E-state index is 0. The molecule has 0 spiro atoms. The molecule has 1 aromatic carbocycles. The number of ether oxygens (including phenoxy) is 1. The minimum Gasteiger partial charge on any atom is -0.494 e. The maximum Gasteiger partial charge on any atom is 0.222 e. The van der Waals surface area contributed by atoms with Crippen molar-refractivity contribution in [2.75, 3.05) is 33.3 Å². The van der Waals surface area contributed by atoms with Crippen molar-refractivity contribution in [3.05, 3.63) is 29.8 Å². The smallest absolute Gasteiger partial charge is 0.222 e. The molecule has 1 saturated heterocycles. The zero-order valence-corrected chi connectivity index (χ0v) is 18.3. The van der Waals surface area contributed by atoms with Gasteiger partial charge < -0.3 is 20.3 Å². The Labute approximate surface area is 173 Å². The topological polar surface area (TPSA) is 66.0 Å². The molecule has 0 bridgehead atoms. The Morgan fingerprint density at radius 3 is 2.73 bits per heavy atom. The number of carbonyl (C=O) groups excluding carboxylic acids is 1. The minimum atomic E-state index is 0. The predicted molar refractivity (Wildman–Crippen MR) is 116 cm³/mol. The van der Waals surface area contributed by atoms with E-state index < -0.39 is 0 Å². The molecule has 0 radical (unpaired) electrons. The van der Waals surface area contributed by atoms with Gasteiger partial charge >= 0.3 is 0 Å². The molecule has 26 heavy (non-hydrogen) atoms. The summed E-state index contributed by atoms with van der Waals surface area (Å²) >= 11 is 0. The molecule has 7 heteroatoms. The number of amides is 1. The molecule has 2 rings (SSSR count). The molecule has 1 amide bonds. The fraction of sp³-hybridized carbons (Fsp3) is 0.579. The van der Waals surface area contributed by atoms with E-state index in [1.165, 1.54) is 5.56 Å². The average molecular weight is 474 g/mol. The fourth-order valence-corrected chi connectivity index (χ4v) is 2.82. The molecule has 146 valence electrons. The van der Waals surface area contributed by atoms with Crippen LogP contribution in [0.2, 0.25) is 0 Å². The first-order valence-corrected chi connectivity index (χ1v) is 9.06. The van der Waals surface area contributed by atoms with Gasteiger partial charge in [0.25, 0.3) is 0 Å². The third kappa shape index (κ3) is 7.39. The number of guanidine groups is 1. The number of hydrogen-bond acceptors (Lipinski definition) is 3. The second-order valence-corrected chi connectivity index (χ2v) is 6.34. The van der Waals surface area contributed by atoms with Gasteiger partial charge in [-0.15, -0.1) is 24.0 Å². The Kier molecular flexibility index (Phi) is 10.4. The molecule has 6 nitrogen and oxygen atoms in total. The maximum atomic E-state index is 11.7. The second kappa shape index (κ2) is 12.0. The van der Waals surface area contributed by atoms with Crippen LogP contribution in [0.1, 0.15) is 31.7 Å². The van der Waals surface area contributed by atoms with Crippen molar-refractivity contribution >= 4 is 35.8 Å². The van der Waals surface area contributed by atoms with E-state index in [4.69, 9.17) is 4.74 Å². The normalized spacial score (nSPS) is 16.8. The Bertz CT molecular complexity index is 577. The zero-order chi connectivity index (χ0) is 18.1. The molecule has 1 aliphatic rings. The van der Waals surface area contributed by atoms with Gasteiger partial charge in [0.1, 0.15) is 5.75 Å². The van der Waals surface area contributed by atoms with E-state index in [0.717, 1.165) is 44.2 Å².